The van der Waals surface area contributed by atoms with Crippen LogP contribution in [0.1, 0.15) is 41.3 Å². The minimum atomic E-state index is -0.103. The molecule has 3 aromatic rings. The maximum Gasteiger partial charge on any atom is 0.255 e. The molecule has 1 heterocycles. The molecule has 0 aliphatic carbocycles. The van der Waals surface area contributed by atoms with Gasteiger partial charge in [-0.1, -0.05) is 38.1 Å². The van der Waals surface area contributed by atoms with E-state index in [9.17, 15) is 4.79 Å². The lowest BCUT2D eigenvalue weighted by atomic mass is 10.0. The Hall–Kier alpha value is -2.66. The number of rotatable bonds is 6. The van der Waals surface area contributed by atoms with Crippen LogP contribution in [0, 0.1) is 0 Å². The van der Waals surface area contributed by atoms with Crippen LogP contribution in [0.25, 0.3) is 0 Å². The Balaban J connectivity index is 1.64. The lowest BCUT2D eigenvalue weighted by Crippen LogP contribution is -2.12. The molecule has 1 amide bonds. The van der Waals surface area contributed by atoms with Gasteiger partial charge in [-0.25, -0.2) is 4.98 Å². The minimum Gasteiger partial charge on any atom is -0.322 e. The number of carbonyl (C=O) groups excluding carboxylic acids is 1. The highest BCUT2D eigenvalue weighted by atomic mass is 32.2. The summed E-state index contributed by atoms with van der Waals surface area (Å²) in [5.74, 6) is 1.11. The van der Waals surface area contributed by atoms with Crippen molar-refractivity contribution >= 4 is 23.4 Å². The van der Waals surface area contributed by atoms with Crippen molar-refractivity contribution in [2.75, 3.05) is 5.32 Å². The molecule has 1 aromatic heterocycles. The fourth-order valence-corrected chi connectivity index (χ4v) is 3.24. The maximum absolute atomic E-state index is 12.5. The summed E-state index contributed by atoms with van der Waals surface area (Å²) in [6, 6.07) is 15.7. The molecule has 2 aromatic carbocycles. The van der Waals surface area contributed by atoms with E-state index in [0.717, 1.165) is 22.0 Å². The first kappa shape index (κ1) is 18.1. The van der Waals surface area contributed by atoms with E-state index in [0.29, 0.717) is 11.5 Å². The van der Waals surface area contributed by atoms with E-state index in [4.69, 9.17) is 0 Å². The van der Waals surface area contributed by atoms with Crippen molar-refractivity contribution < 1.29 is 4.79 Å². The Morgan fingerprint density at radius 1 is 1.12 bits per heavy atom. The van der Waals surface area contributed by atoms with Gasteiger partial charge in [0, 0.05) is 29.4 Å². The van der Waals surface area contributed by atoms with Crippen LogP contribution < -0.4 is 5.32 Å². The number of hydrogen-bond donors (Lipinski definition) is 1. The number of carbonyl (C=O) groups is 1. The van der Waals surface area contributed by atoms with Crippen LogP contribution in [0.2, 0.25) is 0 Å². The second kappa shape index (κ2) is 8.63. The highest BCUT2D eigenvalue weighted by molar-refractivity contribution is 7.98. The quantitative estimate of drug-likeness (QED) is 0.616. The predicted octanol–water partition coefficient (Wildman–Crippen LogP) is 5.14. The average molecular weight is 363 g/mol. The molecule has 132 valence electrons. The Morgan fingerprint density at radius 2 is 1.92 bits per heavy atom. The van der Waals surface area contributed by atoms with E-state index < -0.39 is 0 Å². The summed E-state index contributed by atoms with van der Waals surface area (Å²) >= 11 is 1.60. The van der Waals surface area contributed by atoms with Gasteiger partial charge in [-0.15, -0.1) is 11.8 Å². The lowest BCUT2D eigenvalue weighted by Gasteiger charge is -2.09. The molecular weight excluding hydrogens is 342 g/mol. The first-order valence-corrected chi connectivity index (χ1v) is 9.49. The third-order valence-electron chi connectivity index (χ3n) is 3.95. The van der Waals surface area contributed by atoms with Gasteiger partial charge >= 0.3 is 0 Å². The third kappa shape index (κ3) is 4.92. The molecule has 0 aliphatic heterocycles. The van der Waals surface area contributed by atoms with Crippen molar-refractivity contribution in [2.45, 2.75) is 30.5 Å². The first-order chi connectivity index (χ1) is 12.6. The zero-order valence-electron chi connectivity index (χ0n) is 14.8. The molecule has 0 saturated heterocycles. The van der Waals surface area contributed by atoms with Gasteiger partial charge in [-0.3, -0.25) is 9.78 Å². The summed E-state index contributed by atoms with van der Waals surface area (Å²) in [5, 5.41) is 3.83. The predicted molar refractivity (Wildman–Crippen MR) is 107 cm³/mol. The summed E-state index contributed by atoms with van der Waals surface area (Å²) in [5.41, 5.74) is 3.78. The van der Waals surface area contributed by atoms with E-state index in [1.807, 2.05) is 48.5 Å². The zero-order valence-corrected chi connectivity index (χ0v) is 15.7. The van der Waals surface area contributed by atoms with E-state index >= 15 is 0 Å². The molecule has 3 rings (SSSR count). The summed E-state index contributed by atoms with van der Waals surface area (Å²) in [6.45, 7) is 4.30. The van der Waals surface area contributed by atoms with Gasteiger partial charge in [-0.05, 0) is 41.3 Å². The van der Waals surface area contributed by atoms with E-state index in [-0.39, 0.29) is 5.91 Å². The number of thioether (sulfide) groups is 1. The molecule has 1 N–H and O–H groups in total. The summed E-state index contributed by atoms with van der Waals surface area (Å²) < 4.78 is 0. The zero-order chi connectivity index (χ0) is 18.4. The molecule has 0 atom stereocenters. The van der Waals surface area contributed by atoms with Crippen LogP contribution in [-0.2, 0) is 5.75 Å². The Labute approximate surface area is 158 Å². The molecule has 0 unspecified atom stereocenters. The maximum atomic E-state index is 12.5. The van der Waals surface area contributed by atoms with Crippen LogP contribution in [-0.4, -0.2) is 15.9 Å². The molecule has 0 radical (unpaired) electrons. The topological polar surface area (TPSA) is 54.9 Å². The highest BCUT2D eigenvalue weighted by Gasteiger charge is 2.08. The number of benzene rings is 2. The number of nitrogens with zero attached hydrogens (tertiary/aromatic N) is 2. The summed E-state index contributed by atoms with van der Waals surface area (Å²) in [6.07, 6.45) is 5.07. The largest absolute Gasteiger partial charge is 0.322 e. The Morgan fingerprint density at radius 3 is 2.62 bits per heavy atom. The van der Waals surface area contributed by atoms with Crippen molar-refractivity contribution in [3.05, 3.63) is 83.8 Å². The van der Waals surface area contributed by atoms with Crippen molar-refractivity contribution in [1.82, 2.24) is 9.97 Å². The average Bonchev–Trinajstić information content (AvgIpc) is 2.68. The molecule has 0 bridgehead atoms. The van der Waals surface area contributed by atoms with Crippen molar-refractivity contribution in [3.8, 4) is 0 Å². The van der Waals surface area contributed by atoms with Crippen LogP contribution >= 0.6 is 11.8 Å². The van der Waals surface area contributed by atoms with Gasteiger partial charge in [-0.2, -0.15) is 0 Å². The molecule has 0 fully saturated rings. The van der Waals surface area contributed by atoms with Crippen LogP contribution in [0.4, 0.5) is 5.69 Å². The van der Waals surface area contributed by atoms with Gasteiger partial charge in [0.15, 0.2) is 0 Å². The second-order valence-corrected chi connectivity index (χ2v) is 7.26. The molecule has 26 heavy (non-hydrogen) atoms. The van der Waals surface area contributed by atoms with Crippen LogP contribution in [0.3, 0.4) is 0 Å². The molecule has 4 nitrogen and oxygen atoms in total. The van der Waals surface area contributed by atoms with Crippen molar-refractivity contribution in [3.63, 3.8) is 0 Å². The molecular formula is C21H21N3OS. The smallest absolute Gasteiger partial charge is 0.255 e. The van der Waals surface area contributed by atoms with E-state index in [2.05, 4.69) is 29.1 Å². The Bertz CT molecular complexity index is 864. The standard InChI is InChI=1S/C21H21N3OS/c1-15(2)17-6-8-19(9-7-17)24-21(25)18-5-3-4-16(12-18)14-26-20-13-22-10-11-23-20/h3-13,15H,14H2,1-2H3,(H,24,25). The van der Waals surface area contributed by atoms with Gasteiger partial charge in [0.05, 0.1) is 6.20 Å². The van der Waals surface area contributed by atoms with Crippen LogP contribution in [0.15, 0.2) is 72.1 Å². The number of nitrogens with one attached hydrogen (secondary N) is 1. The van der Waals surface area contributed by atoms with Gasteiger partial charge in [0.1, 0.15) is 5.03 Å². The summed E-state index contributed by atoms with van der Waals surface area (Å²) in [7, 11) is 0. The van der Waals surface area contributed by atoms with E-state index in [1.54, 1.807) is 30.4 Å². The molecule has 0 saturated carbocycles. The van der Waals surface area contributed by atoms with E-state index in [1.165, 1.54) is 5.56 Å². The normalized spacial score (nSPS) is 10.7. The van der Waals surface area contributed by atoms with Gasteiger partial charge in [0.2, 0.25) is 0 Å². The van der Waals surface area contributed by atoms with Gasteiger partial charge < -0.3 is 5.32 Å². The van der Waals surface area contributed by atoms with Crippen molar-refractivity contribution in [1.29, 1.82) is 0 Å². The monoisotopic (exact) mass is 363 g/mol. The fraction of sp³-hybridized carbons (Fsp3) is 0.190. The SMILES string of the molecule is CC(C)c1ccc(NC(=O)c2cccc(CSc3cnccn3)c2)cc1. The van der Waals surface area contributed by atoms with Crippen LogP contribution in [0.5, 0.6) is 0 Å². The number of aromatic nitrogens is 2. The second-order valence-electron chi connectivity index (χ2n) is 6.26. The fourth-order valence-electron chi connectivity index (χ4n) is 2.47. The third-order valence-corrected chi connectivity index (χ3v) is 4.93. The minimum absolute atomic E-state index is 0.103. The van der Waals surface area contributed by atoms with Crippen molar-refractivity contribution in [2.24, 2.45) is 0 Å². The highest BCUT2D eigenvalue weighted by Crippen LogP contribution is 2.21. The molecule has 0 aliphatic rings. The first-order valence-electron chi connectivity index (χ1n) is 8.51. The summed E-state index contributed by atoms with van der Waals surface area (Å²) in [4.78, 5) is 20.8. The number of hydrogen-bond acceptors (Lipinski definition) is 4. The lowest BCUT2D eigenvalue weighted by molar-refractivity contribution is 0.102. The van der Waals surface area contributed by atoms with Gasteiger partial charge in [0.25, 0.3) is 5.91 Å². The number of anilines is 1. The molecule has 0 spiro atoms. The number of amides is 1. The Kier molecular flexibility index (Phi) is 6.02. The molecule has 5 heteroatoms.